The van der Waals surface area contributed by atoms with Crippen LogP contribution in [0.25, 0.3) is 67.8 Å². The molecule has 0 aliphatic carbocycles. The van der Waals surface area contributed by atoms with Crippen molar-refractivity contribution in [3.8, 4) is 67.8 Å². The number of H-pyrrole nitrogens is 4. The van der Waals surface area contributed by atoms with Gasteiger partial charge in [-0.2, -0.15) is 0 Å². The van der Waals surface area contributed by atoms with Crippen LogP contribution >= 0.6 is 0 Å². The number of anilines is 4. The average molecular weight is 1960 g/mol. The Morgan fingerprint density at radius 3 is 0.896 bits per heavy atom. The second-order valence-corrected chi connectivity index (χ2v) is 29.9. The summed E-state index contributed by atoms with van der Waals surface area (Å²) in [6.07, 6.45) is 0.345. The fraction of sp³-hybridized carbons (Fsp3) is 0.105. The summed E-state index contributed by atoms with van der Waals surface area (Å²) in [5.41, 5.74) is -12.2. The SMILES string of the molecule is [2H]c1nc(=Nc2c([2H])c(C(=O)Nc3c([2H])c(C)c([2H])c(-n4c([2H])cc(C)c4[2H])c3[2H])c([2H])c([2H])c2C)[nH]c(-c2c([2H])nc([2H])c([2H])c2[2H])c1[2H].[2H]c1nc(=Nc2c([2H])c(C(=O)Nc3c([2H])c(C)c([2H])c(-n4ccc(C)c4)c3[2H])c([2H])c([2H])c2C([2H])([2H])[2H])[nH]c(-c2c([2H])nc([2H])c([2H])c2[2H])c1[2H].[2H]c1nc(=Nc2c([2H])c(C(=O)Nc3c([2H])c(C)c([2H])c(-n4cnc(C)c4)c3[2H])c([2H])c([2H])c2C([2H])([2H])[2H])[nH]c(-c2c([2H])nc([2H])c([2H])c2[2H])c1[2H].[2H]c1nc(=Nc2c([2H])c(C(=O)Nc3c([2H])c(C)c([2H])c(-n4cnc(C)c4)c3[2H])c([2H])c([2H])c2C)[nH]c(-c2c([2H])nc([2H])c([2H])c2[2H])c1[2H]. The number of carbonyl (C=O) groups is 4. The molecule has 0 bridgehead atoms. The van der Waals surface area contributed by atoms with Crippen molar-refractivity contribution in [3.05, 3.63) is 465 Å². The van der Waals surface area contributed by atoms with Gasteiger partial charge in [0.05, 0.1) is 138 Å². The quantitative estimate of drug-likeness (QED) is 0.0352. The molecule has 0 aliphatic heterocycles. The van der Waals surface area contributed by atoms with E-state index in [0.717, 1.165) is 10.1 Å². The van der Waals surface area contributed by atoms with Crippen molar-refractivity contribution in [2.75, 3.05) is 21.3 Å². The molecule has 0 saturated heterocycles. The normalized spacial score (nSPS) is 17.1. The molecule has 8 N–H and O–H groups in total. The smallest absolute Gasteiger partial charge is 0.255 e. The molecule has 0 atom stereocenters. The third-order valence-corrected chi connectivity index (χ3v) is 18.9. The fourth-order valence-corrected chi connectivity index (χ4v) is 12.3. The van der Waals surface area contributed by atoms with Gasteiger partial charge in [0.15, 0.2) is 0 Å². The minimum absolute atomic E-state index is 0.00709. The summed E-state index contributed by atoms with van der Waals surface area (Å²) in [6.45, 7) is 8.77. The van der Waals surface area contributed by atoms with E-state index in [9.17, 15) is 19.2 Å². The third kappa shape index (κ3) is 25.2. The Morgan fingerprint density at radius 1 is 0.306 bits per heavy atom. The maximum Gasteiger partial charge on any atom is 0.255 e. The summed E-state index contributed by atoms with van der Waals surface area (Å²) in [6, 6.07) is -18.7. The number of carbonyl (C=O) groups excluding carboxylic acids is 4. The molecule has 20 aromatic rings. The van der Waals surface area contributed by atoms with Gasteiger partial charge in [0, 0.05) is 209 Å². The van der Waals surface area contributed by atoms with E-state index in [4.69, 9.17) is 76.8 Å². The van der Waals surface area contributed by atoms with E-state index >= 15 is 0 Å². The van der Waals surface area contributed by atoms with E-state index in [-0.39, 0.29) is 144 Å². The molecule has 12 heterocycles. The number of imidazole rings is 2. The Balaban J connectivity index is 0.000000173. The fourth-order valence-electron chi connectivity index (χ4n) is 12.3. The molecule has 0 saturated carbocycles. The monoisotopic (exact) mass is 1960 g/mol. The van der Waals surface area contributed by atoms with Crippen molar-refractivity contribution in [1.82, 2.24) is 88.0 Å². The molecule has 30 nitrogen and oxygen atoms in total. The van der Waals surface area contributed by atoms with E-state index in [1.54, 1.807) is 52.4 Å². The number of aryl methyl sites for hydroxylation is 4. The lowest BCUT2D eigenvalue weighted by Gasteiger charge is -2.11. The zero-order valence-corrected chi connectivity index (χ0v) is 76.3. The second kappa shape index (κ2) is 44.5. The number of pyridine rings is 4. The van der Waals surface area contributed by atoms with Gasteiger partial charge in [-0.25, -0.2) is 49.9 Å². The number of hydrogen-bond donors (Lipinski definition) is 8. The van der Waals surface area contributed by atoms with Crippen LogP contribution in [0.3, 0.4) is 0 Å². The molecule has 30 heteroatoms. The maximum atomic E-state index is 13.8. The Labute approximate surface area is 908 Å². The maximum absolute atomic E-state index is 13.8. The third-order valence-electron chi connectivity index (χ3n) is 18.9. The highest BCUT2D eigenvalue weighted by atomic mass is 16.2. The van der Waals surface area contributed by atoms with Crippen molar-refractivity contribution in [2.45, 2.75) is 82.9 Å². The number of aromatic nitrogens is 18. The highest BCUT2D eigenvalue weighted by Crippen LogP contribution is 2.31. The predicted octanol–water partition coefficient (Wildman–Crippen LogP) is 21.5. The highest BCUT2D eigenvalue weighted by Gasteiger charge is 2.18. The summed E-state index contributed by atoms with van der Waals surface area (Å²) in [7, 11) is 0. The van der Waals surface area contributed by atoms with Crippen molar-refractivity contribution in [3.63, 3.8) is 0 Å². The zero-order chi connectivity index (χ0) is 149. The van der Waals surface area contributed by atoms with Crippen molar-refractivity contribution >= 4 is 69.1 Å². The Kier molecular flexibility index (Phi) is 15.2. The number of amides is 4. The van der Waals surface area contributed by atoms with Gasteiger partial charge in [0.1, 0.15) is 0 Å². The molecule has 0 unspecified atom stereocenters. The van der Waals surface area contributed by atoms with Gasteiger partial charge in [-0.3, -0.25) is 39.1 Å². The van der Waals surface area contributed by atoms with E-state index in [2.05, 4.69) is 111 Å². The molecular formula is C114H102N26O4. The van der Waals surface area contributed by atoms with Crippen molar-refractivity contribution in [1.29, 1.82) is 0 Å². The molecule has 0 fully saturated rings. The lowest BCUT2D eigenvalue weighted by atomic mass is 10.1. The van der Waals surface area contributed by atoms with Crippen LogP contribution in [0.15, 0.2) is 373 Å². The molecule has 0 aliphatic rings. The van der Waals surface area contributed by atoms with Gasteiger partial charge in [0.25, 0.3) is 23.6 Å². The van der Waals surface area contributed by atoms with Crippen LogP contribution < -0.4 is 43.7 Å². The first-order valence-corrected chi connectivity index (χ1v) is 41.9. The van der Waals surface area contributed by atoms with Crippen LogP contribution in [0, 0.1) is 82.9 Å². The van der Waals surface area contributed by atoms with Crippen LogP contribution in [0.5, 0.6) is 0 Å². The van der Waals surface area contributed by atoms with Crippen LogP contribution in [-0.2, 0) is 0 Å². The Morgan fingerprint density at radius 2 is 0.611 bits per heavy atom. The Hall–Kier alpha value is -19.3. The van der Waals surface area contributed by atoms with Crippen LogP contribution in [-0.4, -0.2) is 112 Å². The van der Waals surface area contributed by atoms with Crippen LogP contribution in [0.2, 0.25) is 0 Å². The van der Waals surface area contributed by atoms with Gasteiger partial charge >= 0.3 is 0 Å². The van der Waals surface area contributed by atoms with Gasteiger partial charge < -0.3 is 59.5 Å². The number of hydrogen-bond acceptors (Lipinski definition) is 18. The number of nitrogens with one attached hydrogen (secondary N) is 8. The summed E-state index contributed by atoms with van der Waals surface area (Å²) >= 11 is 0. The molecule has 12 aromatic heterocycles. The Bertz CT molecular complexity index is 11600. The molecule has 4 amide bonds. The summed E-state index contributed by atoms with van der Waals surface area (Å²) in [4.78, 5) is 119. The summed E-state index contributed by atoms with van der Waals surface area (Å²) < 4.78 is 471. The van der Waals surface area contributed by atoms with E-state index in [0.29, 0.717) is 17.0 Å². The second-order valence-electron chi connectivity index (χ2n) is 29.9. The average Bonchev–Trinajstić information content (AvgIpc) is 0.960. The largest absolute Gasteiger partial charge is 0.324 e. The number of nitrogens with zero attached hydrogens (tertiary/aromatic N) is 18. The minimum atomic E-state index is -3.20. The molecular weight excluding hydrogens is 1800 g/mol. The molecule has 0 radical (unpaired) electrons. The molecule has 0 spiro atoms. The van der Waals surface area contributed by atoms with Crippen molar-refractivity contribution < 1.29 is 95.9 Å². The topological polar surface area (TPSA) is 378 Å². The van der Waals surface area contributed by atoms with Crippen LogP contribution in [0.4, 0.5) is 45.5 Å². The molecule has 144 heavy (non-hydrogen) atoms. The van der Waals surface area contributed by atoms with Gasteiger partial charge in [0.2, 0.25) is 22.5 Å². The highest BCUT2D eigenvalue weighted by molar-refractivity contribution is 6.07. The summed E-state index contributed by atoms with van der Waals surface area (Å²) in [5, 5.41) is 9.40. The van der Waals surface area contributed by atoms with Gasteiger partial charge in [-0.05, 0) is 344 Å². The van der Waals surface area contributed by atoms with Crippen LogP contribution in [0.1, 0.15) is 185 Å². The lowest BCUT2D eigenvalue weighted by molar-refractivity contribution is 0.101. The standard InChI is InChI=1S/2C29H26N6O.2C28H25N7O/c2*1-19-9-12-35(18-19)25-14-20(2)13-24(16-25)32-28(36)22-7-6-21(3)27(15-22)34-29-31-11-8-26(33-29)23-5-4-10-30-17-23;2*1-18-11-23(14-24(12-18)35-16-20(3)31-17-35)32-27(36)21-7-6-19(2)26(13-21)34-28-30-10-8-25(33-28)22-5-4-9-29-15-22/h2*4-18H,1-3H3,(H,32,36)(H,31,33,34);2*4-17H,1-3H3,(H,32,36)(H,30,33,34)/i4D,5D,6D,7D,8D,10D,11D,12D,13D,14D,15D,16D,17D,18D;3D3,4D,5D,6D,7D,8D,10D,11D,13D,14D,15D,16D,17D;2D3,4D,5D,6D,7D,8D,9D,10D,11D,12D,13D,14D,15D;4D,5D,6D,7D,8D,9D,10D,11D,12D,13D,14D,15D. The molecule has 712 valence electrons. The first-order chi connectivity index (χ1) is 93.1. The van der Waals surface area contributed by atoms with E-state index < -0.39 is 400 Å². The van der Waals surface area contributed by atoms with Gasteiger partial charge in [-0.1, -0.05) is 24.2 Å². The summed E-state index contributed by atoms with van der Waals surface area (Å²) in [5.74, 6) is -4.85. The molecule has 20 rings (SSSR count). The first kappa shape index (κ1) is 49.3. The first-order valence-electron chi connectivity index (χ1n) is 69.9. The van der Waals surface area contributed by atoms with Gasteiger partial charge in [-0.15, -0.1) is 0 Å². The lowest BCUT2D eigenvalue weighted by Crippen LogP contribution is -2.14. The van der Waals surface area contributed by atoms with Crippen molar-refractivity contribution in [2.24, 2.45) is 20.0 Å². The number of rotatable bonds is 20. The van der Waals surface area contributed by atoms with E-state index in [1.165, 1.54) is 80.2 Å². The minimum Gasteiger partial charge on any atom is -0.324 e. The number of benzene rings is 8. The number of aromatic amines is 4. The zero-order valence-electron chi connectivity index (χ0n) is 132. The molecule has 8 aromatic carbocycles. The predicted molar refractivity (Wildman–Crippen MR) is 561 cm³/mol. The van der Waals surface area contributed by atoms with E-state index in [1.807, 2.05) is 0 Å².